The van der Waals surface area contributed by atoms with Crippen LogP contribution in [0.4, 0.5) is 10.1 Å². The maximum absolute atomic E-state index is 13.0. The molecule has 2 aromatic carbocycles. The van der Waals surface area contributed by atoms with Crippen LogP contribution in [0.25, 0.3) is 17.4 Å². The Morgan fingerprint density at radius 1 is 1.17 bits per heavy atom. The normalized spacial score (nSPS) is 11.8. The number of nitro benzene ring substituents is 1. The number of nitrogens with zero attached hydrogens (tertiary/aromatic N) is 2. The third-order valence-electron chi connectivity index (χ3n) is 3.85. The molecule has 1 aromatic heterocycles. The van der Waals surface area contributed by atoms with Crippen molar-refractivity contribution in [2.24, 2.45) is 0 Å². The van der Waals surface area contributed by atoms with Crippen LogP contribution >= 0.6 is 15.9 Å². The maximum atomic E-state index is 13.0. The molecule has 1 heterocycles. The molecule has 3 aromatic rings. The Bertz CT molecular complexity index is 1270. The topological polar surface area (TPSA) is 114 Å². The van der Waals surface area contributed by atoms with Crippen molar-refractivity contribution in [3.05, 3.63) is 85.7 Å². The minimum absolute atomic E-state index is 0.0903. The van der Waals surface area contributed by atoms with E-state index in [9.17, 15) is 28.2 Å². The average molecular weight is 477 g/mol. The van der Waals surface area contributed by atoms with Crippen molar-refractivity contribution in [3.63, 3.8) is 0 Å². The van der Waals surface area contributed by atoms with E-state index in [1.165, 1.54) is 30.3 Å². The van der Waals surface area contributed by atoms with Gasteiger partial charge in [0.1, 0.15) is 23.4 Å². The highest BCUT2D eigenvalue weighted by Gasteiger charge is 2.22. The molecular formula is C19H10BrFN2O5S. The quantitative estimate of drug-likeness (QED) is 0.219. The highest BCUT2D eigenvalue weighted by Crippen LogP contribution is 2.33. The van der Waals surface area contributed by atoms with Gasteiger partial charge in [0, 0.05) is 28.2 Å². The lowest BCUT2D eigenvalue weighted by atomic mass is 10.1. The minimum Gasteiger partial charge on any atom is -0.457 e. The van der Waals surface area contributed by atoms with E-state index in [-0.39, 0.29) is 16.3 Å². The van der Waals surface area contributed by atoms with Crippen LogP contribution in [0.5, 0.6) is 0 Å². The van der Waals surface area contributed by atoms with Gasteiger partial charge >= 0.3 is 0 Å². The third kappa shape index (κ3) is 4.26. The molecule has 0 bridgehead atoms. The molecule has 0 amide bonds. The summed E-state index contributed by atoms with van der Waals surface area (Å²) in [6, 6.07) is 12.8. The Hall–Kier alpha value is -3.29. The molecule has 0 radical (unpaired) electrons. The molecule has 0 N–H and O–H groups in total. The van der Waals surface area contributed by atoms with Gasteiger partial charge in [-0.1, -0.05) is 0 Å². The number of hydrogen-bond acceptors (Lipinski definition) is 6. The molecule has 0 unspecified atom stereocenters. The van der Waals surface area contributed by atoms with Crippen molar-refractivity contribution in [1.29, 1.82) is 5.26 Å². The predicted octanol–water partition coefficient (Wildman–Crippen LogP) is 5.09. The number of non-ortho nitro benzene ring substituents is 1. The first-order valence-electron chi connectivity index (χ1n) is 7.89. The number of allylic oxidation sites excluding steroid dienone is 1. The van der Waals surface area contributed by atoms with Crippen LogP contribution in [-0.2, 0) is 9.84 Å². The predicted molar refractivity (Wildman–Crippen MR) is 106 cm³/mol. The van der Waals surface area contributed by atoms with E-state index in [2.05, 4.69) is 15.9 Å². The highest BCUT2D eigenvalue weighted by atomic mass is 79.9. The summed E-state index contributed by atoms with van der Waals surface area (Å²) >= 11 is 3.24. The van der Waals surface area contributed by atoms with Crippen LogP contribution in [0, 0.1) is 27.3 Å². The summed E-state index contributed by atoms with van der Waals surface area (Å²) in [6.45, 7) is 0. The molecule has 7 nitrogen and oxygen atoms in total. The number of sulfone groups is 1. The van der Waals surface area contributed by atoms with Crippen LogP contribution < -0.4 is 0 Å². The summed E-state index contributed by atoms with van der Waals surface area (Å²) in [6.07, 6.45) is 1.06. The van der Waals surface area contributed by atoms with E-state index in [0.717, 1.165) is 30.3 Å². The van der Waals surface area contributed by atoms with Gasteiger partial charge in [0.25, 0.3) is 5.69 Å². The van der Waals surface area contributed by atoms with Gasteiger partial charge in [-0.25, -0.2) is 12.8 Å². The van der Waals surface area contributed by atoms with E-state index in [1.807, 2.05) is 0 Å². The largest absolute Gasteiger partial charge is 0.457 e. The number of hydrogen-bond donors (Lipinski definition) is 0. The first kappa shape index (κ1) is 20.4. The smallest absolute Gasteiger partial charge is 0.270 e. The van der Waals surface area contributed by atoms with Crippen molar-refractivity contribution >= 4 is 37.5 Å². The van der Waals surface area contributed by atoms with E-state index >= 15 is 0 Å². The molecular weight excluding hydrogens is 467 g/mol. The first-order chi connectivity index (χ1) is 13.7. The molecule has 0 aliphatic carbocycles. The minimum atomic E-state index is -4.16. The average Bonchev–Trinajstić information content (AvgIpc) is 3.14. The summed E-state index contributed by atoms with van der Waals surface area (Å²) in [7, 11) is -4.16. The van der Waals surface area contributed by atoms with Crippen LogP contribution in [0.2, 0.25) is 0 Å². The lowest BCUT2D eigenvalue weighted by molar-refractivity contribution is -0.384. The van der Waals surface area contributed by atoms with Crippen molar-refractivity contribution < 1.29 is 22.1 Å². The zero-order valence-electron chi connectivity index (χ0n) is 14.4. The SMILES string of the molecule is N#C/C(=C\c1ccc(-c2ccc([N+](=O)[O-])cc2Br)o1)S(=O)(=O)c1ccc(F)cc1. The van der Waals surface area contributed by atoms with Crippen molar-refractivity contribution in [2.45, 2.75) is 4.90 Å². The van der Waals surface area contributed by atoms with E-state index < -0.39 is 25.5 Å². The highest BCUT2D eigenvalue weighted by molar-refractivity contribution is 9.10. The van der Waals surface area contributed by atoms with Crippen molar-refractivity contribution in [1.82, 2.24) is 0 Å². The number of halogens is 2. The first-order valence-corrected chi connectivity index (χ1v) is 10.2. The second-order valence-corrected chi connectivity index (χ2v) is 8.47. The Labute approximate surface area is 172 Å². The number of rotatable bonds is 5. The van der Waals surface area contributed by atoms with E-state index in [4.69, 9.17) is 4.42 Å². The summed E-state index contributed by atoms with van der Waals surface area (Å²) in [5.74, 6) is -0.197. The van der Waals surface area contributed by atoms with Crippen LogP contribution in [0.15, 0.2) is 73.3 Å². The molecule has 0 spiro atoms. The lowest BCUT2D eigenvalue weighted by Gasteiger charge is -2.03. The van der Waals surface area contributed by atoms with Crippen molar-refractivity contribution in [3.8, 4) is 17.4 Å². The fourth-order valence-electron chi connectivity index (χ4n) is 2.43. The van der Waals surface area contributed by atoms with Gasteiger partial charge in [0.2, 0.25) is 9.84 Å². The van der Waals surface area contributed by atoms with Gasteiger partial charge in [-0.05, 0) is 58.4 Å². The third-order valence-corrected chi connectivity index (χ3v) is 6.19. The number of nitro groups is 1. The summed E-state index contributed by atoms with van der Waals surface area (Å²) in [4.78, 5) is 9.50. The maximum Gasteiger partial charge on any atom is 0.270 e. The van der Waals surface area contributed by atoms with E-state index in [1.54, 1.807) is 6.07 Å². The summed E-state index contributed by atoms with van der Waals surface area (Å²) in [5, 5.41) is 20.1. The molecule has 0 saturated carbocycles. The number of furan rings is 1. The van der Waals surface area contributed by atoms with Gasteiger partial charge in [-0.15, -0.1) is 0 Å². The van der Waals surface area contributed by atoms with Gasteiger partial charge in [-0.3, -0.25) is 10.1 Å². The van der Waals surface area contributed by atoms with Crippen molar-refractivity contribution in [2.75, 3.05) is 0 Å². The standard InChI is InChI=1S/C19H10BrFN2O5S/c20-18-9-13(23(24)25)3-7-17(18)19-8-4-14(28-19)10-16(11-22)29(26,27)15-5-1-12(21)2-6-15/h1-10H/b16-10+. The van der Waals surface area contributed by atoms with E-state index in [0.29, 0.717) is 15.8 Å². The second kappa shape index (κ2) is 7.98. The zero-order valence-corrected chi connectivity index (χ0v) is 16.8. The molecule has 0 saturated heterocycles. The summed E-state index contributed by atoms with van der Waals surface area (Å²) in [5.41, 5.74) is 0.402. The van der Waals surface area contributed by atoms with Gasteiger partial charge in [-0.2, -0.15) is 5.26 Å². The Morgan fingerprint density at radius 3 is 2.45 bits per heavy atom. The molecule has 146 valence electrons. The van der Waals surface area contributed by atoms with Gasteiger partial charge in [0.15, 0.2) is 4.91 Å². The molecule has 0 fully saturated rings. The van der Waals surface area contributed by atoms with Gasteiger partial charge in [0.05, 0.1) is 9.82 Å². The Kier molecular flexibility index (Phi) is 5.63. The fourth-order valence-corrected chi connectivity index (χ4v) is 4.13. The molecule has 29 heavy (non-hydrogen) atoms. The monoisotopic (exact) mass is 476 g/mol. The van der Waals surface area contributed by atoms with Crippen LogP contribution in [0.3, 0.4) is 0 Å². The lowest BCUT2D eigenvalue weighted by Crippen LogP contribution is -2.03. The molecule has 0 aliphatic rings. The number of nitriles is 1. The Balaban J connectivity index is 1.97. The summed E-state index contributed by atoms with van der Waals surface area (Å²) < 4.78 is 44.2. The molecule has 0 aliphatic heterocycles. The second-order valence-electron chi connectivity index (χ2n) is 5.70. The Morgan fingerprint density at radius 2 is 1.86 bits per heavy atom. The van der Waals surface area contributed by atoms with Crippen LogP contribution in [0.1, 0.15) is 5.76 Å². The molecule has 10 heteroatoms. The van der Waals surface area contributed by atoms with Crippen LogP contribution in [-0.4, -0.2) is 13.3 Å². The van der Waals surface area contributed by atoms with Gasteiger partial charge < -0.3 is 4.42 Å². The molecule has 0 atom stereocenters. The number of benzene rings is 2. The molecule has 3 rings (SSSR count). The fraction of sp³-hybridized carbons (Fsp3) is 0. The zero-order chi connectivity index (χ0) is 21.2.